The molecule has 0 unspecified atom stereocenters. The van der Waals surface area contributed by atoms with Gasteiger partial charge in [0.1, 0.15) is 0 Å². The van der Waals surface area contributed by atoms with Crippen LogP contribution in [-0.2, 0) is 0 Å². The van der Waals surface area contributed by atoms with E-state index >= 15 is 0 Å². The molecule has 0 saturated carbocycles. The Hall–Kier alpha value is -3.06. The van der Waals surface area contributed by atoms with Gasteiger partial charge in [-0.15, -0.1) is 0 Å². The van der Waals surface area contributed by atoms with E-state index in [-0.39, 0.29) is 5.91 Å². The van der Waals surface area contributed by atoms with Gasteiger partial charge in [0.15, 0.2) is 16.6 Å². The molecule has 0 fully saturated rings. The van der Waals surface area contributed by atoms with E-state index in [2.05, 4.69) is 27.0 Å². The molecule has 1 N–H and O–H groups in total. The topological polar surface area (TPSA) is 72.7 Å². The highest BCUT2D eigenvalue weighted by Gasteiger charge is 2.12. The molecule has 7 heteroatoms. The molecule has 3 rings (SSSR count). The molecule has 6 nitrogen and oxygen atoms in total. The van der Waals surface area contributed by atoms with Crippen LogP contribution in [0.4, 0.5) is 5.13 Å². The minimum Gasteiger partial charge on any atom is -0.296 e. The molecule has 24 heavy (non-hydrogen) atoms. The zero-order chi connectivity index (χ0) is 16.9. The number of hydrogen-bond donors (Lipinski definition) is 1. The summed E-state index contributed by atoms with van der Waals surface area (Å²) in [5.41, 5.74) is 0.298. The number of amides is 1. The first-order chi connectivity index (χ1) is 11.7. The zero-order valence-electron chi connectivity index (χ0n) is 13.0. The number of carbonyl (C=O) groups is 1. The molecule has 3 heterocycles. The Labute approximate surface area is 142 Å². The molecule has 1 amide bonds. The molecule has 0 atom stereocenters. The fourth-order valence-electron chi connectivity index (χ4n) is 2.06. The smallest absolute Gasteiger partial charge is 0.277 e. The molecule has 0 saturated heterocycles. The third-order valence-electron chi connectivity index (χ3n) is 3.15. The average molecular weight is 337 g/mol. The molecule has 0 radical (unpaired) electrons. The van der Waals surface area contributed by atoms with Crippen molar-refractivity contribution >= 4 is 34.5 Å². The van der Waals surface area contributed by atoms with Crippen LogP contribution < -0.4 is 15.2 Å². The van der Waals surface area contributed by atoms with Gasteiger partial charge in [0.2, 0.25) is 0 Å². The summed E-state index contributed by atoms with van der Waals surface area (Å²) >= 11 is 1.40. The summed E-state index contributed by atoms with van der Waals surface area (Å²) in [5, 5.41) is 8.33. The number of pyridine rings is 1. The minimum atomic E-state index is -0.314. The standard InChI is InChI=1S/C17H15N5OS/c1-3-7-12-14(4-2)24-17(19-12)20-16(23)13-9-11-22(21-13)15-8-5-6-10-18-15/h3-11H,1H2,2H3,(H,19,20,23)/b12-7+,14-4+. The number of allylic oxidation sites excluding steroid dienone is 1. The average Bonchev–Trinajstić information content (AvgIpc) is 3.23. The van der Waals surface area contributed by atoms with Gasteiger partial charge in [-0.1, -0.05) is 36.1 Å². The van der Waals surface area contributed by atoms with E-state index in [1.165, 1.54) is 11.3 Å². The molecule has 120 valence electrons. The van der Waals surface area contributed by atoms with Crippen molar-refractivity contribution in [1.82, 2.24) is 19.7 Å². The molecular formula is C17H15N5OS. The maximum Gasteiger partial charge on any atom is 0.277 e. The Morgan fingerprint density at radius 1 is 1.38 bits per heavy atom. The summed E-state index contributed by atoms with van der Waals surface area (Å²) in [5.74, 6) is 0.336. The van der Waals surface area contributed by atoms with E-state index in [0.29, 0.717) is 16.6 Å². The first kappa shape index (κ1) is 15.8. The summed E-state index contributed by atoms with van der Waals surface area (Å²) in [7, 11) is 0. The maximum atomic E-state index is 12.3. The van der Waals surface area contributed by atoms with Gasteiger partial charge in [-0.25, -0.2) is 14.6 Å². The van der Waals surface area contributed by atoms with E-state index in [4.69, 9.17) is 0 Å². The lowest BCUT2D eigenvalue weighted by Crippen LogP contribution is -2.20. The SMILES string of the molecule is C=C/C=c1/nc(NC(=O)c2ccn(-c3ccccn3)n2)s/c1=C/C. The van der Waals surface area contributed by atoms with Gasteiger partial charge in [-0.2, -0.15) is 5.10 Å². The molecule has 0 spiro atoms. The highest BCUT2D eigenvalue weighted by Crippen LogP contribution is 2.08. The maximum absolute atomic E-state index is 12.3. The molecule has 0 aliphatic heterocycles. The Balaban J connectivity index is 1.83. The highest BCUT2D eigenvalue weighted by atomic mass is 32.1. The van der Waals surface area contributed by atoms with E-state index in [1.54, 1.807) is 35.3 Å². The summed E-state index contributed by atoms with van der Waals surface area (Å²) in [6, 6.07) is 7.14. The van der Waals surface area contributed by atoms with Crippen molar-refractivity contribution in [3.05, 3.63) is 64.9 Å². The van der Waals surface area contributed by atoms with Gasteiger partial charge in [0.05, 0.1) is 9.88 Å². The molecule has 3 aromatic rings. The number of hydrogen-bond acceptors (Lipinski definition) is 5. The van der Waals surface area contributed by atoms with E-state index in [1.807, 2.05) is 31.2 Å². The highest BCUT2D eigenvalue weighted by molar-refractivity contribution is 7.13. The van der Waals surface area contributed by atoms with Gasteiger partial charge >= 0.3 is 0 Å². The predicted molar refractivity (Wildman–Crippen MR) is 95.5 cm³/mol. The van der Waals surface area contributed by atoms with E-state index < -0.39 is 0 Å². The second kappa shape index (κ2) is 7.01. The second-order valence-electron chi connectivity index (χ2n) is 4.75. The van der Waals surface area contributed by atoms with Crippen molar-refractivity contribution in [2.24, 2.45) is 0 Å². The van der Waals surface area contributed by atoms with Crippen LogP contribution in [0.2, 0.25) is 0 Å². The van der Waals surface area contributed by atoms with Gasteiger partial charge in [-0.3, -0.25) is 10.1 Å². The number of carbonyl (C=O) groups excluding carboxylic acids is 1. The van der Waals surface area contributed by atoms with E-state index in [9.17, 15) is 4.79 Å². The Morgan fingerprint density at radius 2 is 2.25 bits per heavy atom. The Bertz CT molecular complexity index is 988. The molecule has 0 aliphatic rings. The van der Waals surface area contributed by atoms with Crippen molar-refractivity contribution in [2.75, 3.05) is 5.32 Å². The van der Waals surface area contributed by atoms with Crippen LogP contribution in [0.15, 0.2) is 49.3 Å². The molecule has 3 aromatic heterocycles. The van der Waals surface area contributed by atoms with Crippen molar-refractivity contribution in [2.45, 2.75) is 6.92 Å². The fourth-order valence-corrected chi connectivity index (χ4v) is 2.89. The lowest BCUT2D eigenvalue weighted by atomic mass is 10.4. The normalized spacial score (nSPS) is 12.4. The van der Waals surface area contributed by atoms with Gasteiger partial charge in [-0.05, 0) is 31.2 Å². The monoisotopic (exact) mass is 337 g/mol. The van der Waals surface area contributed by atoms with Crippen LogP contribution in [-0.4, -0.2) is 25.7 Å². The first-order valence-corrected chi connectivity index (χ1v) is 8.07. The number of thiazole rings is 1. The van der Waals surface area contributed by atoms with Crippen molar-refractivity contribution in [3.8, 4) is 5.82 Å². The lowest BCUT2D eigenvalue weighted by Gasteiger charge is -1.99. The van der Waals surface area contributed by atoms with Gasteiger partial charge in [0, 0.05) is 12.4 Å². The van der Waals surface area contributed by atoms with Crippen LogP contribution in [0.1, 0.15) is 17.4 Å². The van der Waals surface area contributed by atoms with Crippen molar-refractivity contribution in [1.29, 1.82) is 0 Å². The minimum absolute atomic E-state index is 0.298. The van der Waals surface area contributed by atoms with E-state index in [0.717, 1.165) is 9.88 Å². The second-order valence-corrected chi connectivity index (χ2v) is 5.78. The quantitative estimate of drug-likeness (QED) is 0.787. The first-order valence-electron chi connectivity index (χ1n) is 7.25. The molecule has 0 bridgehead atoms. The van der Waals surface area contributed by atoms with Crippen molar-refractivity contribution in [3.63, 3.8) is 0 Å². The third-order valence-corrected chi connectivity index (χ3v) is 4.20. The van der Waals surface area contributed by atoms with Crippen LogP contribution in [0.5, 0.6) is 0 Å². The predicted octanol–water partition coefficient (Wildman–Crippen LogP) is 1.74. The zero-order valence-corrected chi connectivity index (χ0v) is 13.8. The van der Waals surface area contributed by atoms with Crippen LogP contribution in [0.3, 0.4) is 0 Å². The molecule has 0 aromatic carbocycles. The number of nitrogens with one attached hydrogen (secondary N) is 1. The Morgan fingerprint density at radius 3 is 2.96 bits per heavy atom. The van der Waals surface area contributed by atoms with Gasteiger partial charge in [0.25, 0.3) is 5.91 Å². The summed E-state index contributed by atoms with van der Waals surface area (Å²) < 4.78 is 2.53. The summed E-state index contributed by atoms with van der Waals surface area (Å²) in [6.45, 7) is 5.59. The largest absolute Gasteiger partial charge is 0.296 e. The number of anilines is 1. The van der Waals surface area contributed by atoms with Crippen LogP contribution >= 0.6 is 11.3 Å². The molecule has 0 aliphatic carbocycles. The summed E-state index contributed by atoms with van der Waals surface area (Å²) in [6.07, 6.45) is 8.78. The number of nitrogens with zero attached hydrogens (tertiary/aromatic N) is 4. The van der Waals surface area contributed by atoms with Crippen LogP contribution in [0.25, 0.3) is 18.0 Å². The van der Waals surface area contributed by atoms with Gasteiger partial charge < -0.3 is 0 Å². The van der Waals surface area contributed by atoms with Crippen molar-refractivity contribution < 1.29 is 4.79 Å². The third kappa shape index (κ3) is 3.31. The molecular weight excluding hydrogens is 322 g/mol. The lowest BCUT2D eigenvalue weighted by molar-refractivity contribution is 0.102. The summed E-state index contributed by atoms with van der Waals surface area (Å²) in [4.78, 5) is 20.9. The fraction of sp³-hybridized carbons (Fsp3) is 0.0588. The van der Waals surface area contributed by atoms with Crippen LogP contribution in [0, 0.1) is 0 Å². The number of aromatic nitrogens is 4. The Kier molecular flexibility index (Phi) is 4.62. The number of rotatable bonds is 4.